The van der Waals surface area contributed by atoms with Crippen LogP contribution in [0, 0.1) is 5.92 Å². The van der Waals surface area contributed by atoms with Gasteiger partial charge in [-0.2, -0.15) is 11.8 Å². The maximum atomic E-state index is 12.5. The topological polar surface area (TPSA) is 49.4 Å². The van der Waals surface area contributed by atoms with Crippen molar-refractivity contribution in [1.29, 1.82) is 0 Å². The second kappa shape index (κ2) is 7.78. The third kappa shape index (κ3) is 4.13. The van der Waals surface area contributed by atoms with Crippen LogP contribution in [0.15, 0.2) is 0 Å². The van der Waals surface area contributed by atoms with E-state index in [9.17, 15) is 9.59 Å². The first-order valence-electron chi connectivity index (χ1n) is 7.12. The standard InChI is InChI=1S/C14H26N2O2S/c1-5-10(2)12-14(18)16(8-6-7-9-19-4)11(3)13(17)15-12/h10-12H,5-9H2,1-4H3,(H,15,17). The number of carbonyl (C=O) groups is 2. The van der Waals surface area contributed by atoms with Gasteiger partial charge in [0.2, 0.25) is 11.8 Å². The summed E-state index contributed by atoms with van der Waals surface area (Å²) in [5.41, 5.74) is 0. The zero-order chi connectivity index (χ0) is 14.4. The van der Waals surface area contributed by atoms with E-state index in [1.807, 2.05) is 32.5 Å². The molecule has 0 radical (unpaired) electrons. The van der Waals surface area contributed by atoms with Crippen LogP contribution in [0.25, 0.3) is 0 Å². The summed E-state index contributed by atoms with van der Waals surface area (Å²) in [6.07, 6.45) is 5.04. The molecule has 2 amide bonds. The van der Waals surface area contributed by atoms with Gasteiger partial charge in [-0.05, 0) is 37.7 Å². The number of unbranched alkanes of at least 4 members (excludes halogenated alkanes) is 1. The van der Waals surface area contributed by atoms with Crippen LogP contribution >= 0.6 is 11.8 Å². The molecule has 19 heavy (non-hydrogen) atoms. The van der Waals surface area contributed by atoms with Gasteiger partial charge in [-0.15, -0.1) is 0 Å². The maximum Gasteiger partial charge on any atom is 0.246 e. The molecule has 0 aromatic heterocycles. The molecule has 0 aromatic carbocycles. The van der Waals surface area contributed by atoms with Crippen molar-refractivity contribution in [3.8, 4) is 0 Å². The summed E-state index contributed by atoms with van der Waals surface area (Å²) in [6.45, 7) is 6.57. The molecule has 0 spiro atoms. The fraction of sp³-hybridized carbons (Fsp3) is 0.857. The van der Waals surface area contributed by atoms with Gasteiger partial charge in [-0.3, -0.25) is 9.59 Å². The van der Waals surface area contributed by atoms with Crippen LogP contribution in [0.2, 0.25) is 0 Å². The number of hydrogen-bond donors (Lipinski definition) is 1. The summed E-state index contributed by atoms with van der Waals surface area (Å²) in [5, 5.41) is 2.86. The first kappa shape index (κ1) is 16.3. The van der Waals surface area contributed by atoms with E-state index in [4.69, 9.17) is 0 Å². The van der Waals surface area contributed by atoms with Crippen LogP contribution in [0.3, 0.4) is 0 Å². The first-order chi connectivity index (χ1) is 9.02. The number of piperazine rings is 1. The third-order valence-corrected chi connectivity index (χ3v) is 4.60. The molecule has 0 aromatic rings. The Morgan fingerprint density at radius 3 is 2.63 bits per heavy atom. The molecule has 110 valence electrons. The zero-order valence-corrected chi connectivity index (χ0v) is 13.3. The Morgan fingerprint density at radius 1 is 1.37 bits per heavy atom. The minimum absolute atomic E-state index is 0.0187. The van der Waals surface area contributed by atoms with Gasteiger partial charge < -0.3 is 10.2 Å². The molecule has 3 atom stereocenters. The highest BCUT2D eigenvalue weighted by atomic mass is 32.2. The Hall–Kier alpha value is -0.710. The Labute approximate surface area is 120 Å². The normalized spacial score (nSPS) is 25.4. The fourth-order valence-corrected chi connectivity index (χ4v) is 2.79. The molecule has 1 saturated heterocycles. The molecule has 1 N–H and O–H groups in total. The summed E-state index contributed by atoms with van der Waals surface area (Å²) in [5.74, 6) is 1.37. The summed E-state index contributed by atoms with van der Waals surface area (Å²) in [7, 11) is 0. The van der Waals surface area contributed by atoms with Crippen LogP contribution in [0.5, 0.6) is 0 Å². The average Bonchev–Trinajstić information content (AvgIpc) is 2.41. The van der Waals surface area contributed by atoms with Crippen molar-refractivity contribution >= 4 is 23.6 Å². The summed E-state index contributed by atoms with van der Waals surface area (Å²) >= 11 is 1.82. The number of thioether (sulfide) groups is 1. The highest BCUT2D eigenvalue weighted by Crippen LogP contribution is 2.18. The van der Waals surface area contributed by atoms with Crippen LogP contribution in [0.4, 0.5) is 0 Å². The summed E-state index contributed by atoms with van der Waals surface area (Å²) < 4.78 is 0. The number of amides is 2. The Morgan fingerprint density at radius 2 is 2.05 bits per heavy atom. The SMILES string of the molecule is CCC(C)C1NC(=O)C(C)N(CCCCSC)C1=O. The molecule has 4 nitrogen and oxygen atoms in total. The van der Waals surface area contributed by atoms with Gasteiger partial charge in [-0.25, -0.2) is 0 Å². The number of hydrogen-bond acceptors (Lipinski definition) is 3. The second-order valence-electron chi connectivity index (χ2n) is 5.28. The smallest absolute Gasteiger partial charge is 0.246 e. The van der Waals surface area contributed by atoms with Gasteiger partial charge in [0.05, 0.1) is 0 Å². The predicted molar refractivity (Wildman–Crippen MR) is 80.2 cm³/mol. The lowest BCUT2D eigenvalue weighted by Gasteiger charge is -2.39. The lowest BCUT2D eigenvalue weighted by atomic mass is 9.94. The molecule has 0 saturated carbocycles. The van der Waals surface area contributed by atoms with E-state index in [1.54, 1.807) is 4.90 Å². The summed E-state index contributed by atoms with van der Waals surface area (Å²) in [6, 6.07) is -0.670. The van der Waals surface area contributed by atoms with Crippen molar-refractivity contribution in [3.05, 3.63) is 0 Å². The van der Waals surface area contributed by atoms with Crippen LogP contribution in [0.1, 0.15) is 40.0 Å². The van der Waals surface area contributed by atoms with E-state index in [0.717, 1.165) is 25.0 Å². The Bertz CT molecular complexity index is 323. The van der Waals surface area contributed by atoms with E-state index >= 15 is 0 Å². The maximum absolute atomic E-state index is 12.5. The van der Waals surface area contributed by atoms with Crippen LogP contribution in [-0.2, 0) is 9.59 Å². The quantitative estimate of drug-likeness (QED) is 0.727. The number of nitrogens with one attached hydrogen (secondary N) is 1. The lowest BCUT2D eigenvalue weighted by molar-refractivity contribution is -0.150. The van der Waals surface area contributed by atoms with E-state index in [0.29, 0.717) is 6.54 Å². The molecule has 1 rings (SSSR count). The van der Waals surface area contributed by atoms with Crippen molar-refractivity contribution < 1.29 is 9.59 Å². The van der Waals surface area contributed by atoms with Gasteiger partial charge >= 0.3 is 0 Å². The van der Waals surface area contributed by atoms with Gasteiger partial charge in [0.25, 0.3) is 0 Å². The van der Waals surface area contributed by atoms with E-state index in [2.05, 4.69) is 11.6 Å². The molecule has 1 heterocycles. The zero-order valence-electron chi connectivity index (χ0n) is 12.4. The van der Waals surface area contributed by atoms with Crippen molar-refractivity contribution in [2.24, 2.45) is 5.92 Å². The van der Waals surface area contributed by atoms with Gasteiger partial charge in [0.1, 0.15) is 12.1 Å². The molecule has 1 fully saturated rings. The summed E-state index contributed by atoms with van der Waals surface area (Å²) in [4.78, 5) is 26.2. The average molecular weight is 286 g/mol. The molecule has 1 aliphatic heterocycles. The van der Waals surface area contributed by atoms with E-state index < -0.39 is 0 Å². The van der Waals surface area contributed by atoms with Crippen LogP contribution in [-0.4, -0.2) is 47.4 Å². The van der Waals surface area contributed by atoms with E-state index in [-0.39, 0.29) is 29.8 Å². The molecular formula is C14H26N2O2S. The Balaban J connectivity index is 2.64. The van der Waals surface area contributed by atoms with E-state index in [1.165, 1.54) is 0 Å². The predicted octanol–water partition coefficient (Wildman–Crippen LogP) is 1.89. The highest BCUT2D eigenvalue weighted by Gasteiger charge is 2.39. The molecule has 0 bridgehead atoms. The second-order valence-corrected chi connectivity index (χ2v) is 6.26. The molecular weight excluding hydrogens is 260 g/mol. The van der Waals surface area contributed by atoms with Gasteiger partial charge in [0, 0.05) is 6.54 Å². The Kier molecular flexibility index (Phi) is 6.69. The first-order valence-corrected chi connectivity index (χ1v) is 8.52. The monoisotopic (exact) mass is 286 g/mol. The fourth-order valence-electron chi connectivity index (χ4n) is 2.30. The van der Waals surface area contributed by atoms with Gasteiger partial charge in [0.15, 0.2) is 0 Å². The van der Waals surface area contributed by atoms with Crippen molar-refractivity contribution in [2.45, 2.75) is 52.1 Å². The van der Waals surface area contributed by atoms with Crippen molar-refractivity contribution in [2.75, 3.05) is 18.6 Å². The molecule has 1 aliphatic rings. The highest BCUT2D eigenvalue weighted by molar-refractivity contribution is 7.98. The lowest BCUT2D eigenvalue weighted by Crippen LogP contribution is -2.64. The minimum Gasteiger partial charge on any atom is -0.342 e. The number of carbonyl (C=O) groups excluding carboxylic acids is 2. The largest absolute Gasteiger partial charge is 0.342 e. The molecule has 5 heteroatoms. The molecule has 3 unspecified atom stereocenters. The number of rotatable bonds is 7. The minimum atomic E-state index is -0.339. The van der Waals surface area contributed by atoms with Gasteiger partial charge in [-0.1, -0.05) is 20.3 Å². The molecule has 0 aliphatic carbocycles. The van der Waals surface area contributed by atoms with Crippen molar-refractivity contribution in [3.63, 3.8) is 0 Å². The third-order valence-electron chi connectivity index (χ3n) is 3.90. The van der Waals surface area contributed by atoms with Crippen molar-refractivity contribution in [1.82, 2.24) is 10.2 Å². The number of nitrogens with zero attached hydrogens (tertiary/aromatic N) is 1. The van der Waals surface area contributed by atoms with Crippen LogP contribution < -0.4 is 5.32 Å².